The Bertz CT molecular complexity index is 6.85. The van der Waals surface area contributed by atoms with Gasteiger partial charge < -0.3 is 42.7 Å². The fraction of sp³-hybridized carbons (Fsp3) is 0. The Balaban J connectivity index is 0. The Hall–Kier alpha value is 1.70. The third kappa shape index (κ3) is 27.0. The molecule has 0 aliphatic carbocycles. The zero-order chi connectivity index (χ0) is 0. The standard InChI is InChI=1S/3ClH.H2O.Sc/h3*1H;1H2;/q;;;;+3/p-3. The minimum Gasteiger partial charge on any atom is -1.00 e. The molecule has 0 radical (unpaired) electrons. The van der Waals surface area contributed by atoms with E-state index in [1.54, 1.807) is 0 Å². The van der Waals surface area contributed by atoms with Crippen LogP contribution in [-0.2, 0) is 25.8 Å². The molecule has 0 heterocycles. The van der Waals surface area contributed by atoms with Crippen molar-refractivity contribution in [3.63, 3.8) is 0 Å². The maximum Gasteiger partial charge on any atom is 3.00 e. The minimum absolute atomic E-state index is 0. The summed E-state index contributed by atoms with van der Waals surface area (Å²) >= 11 is 0. The Morgan fingerprint density at radius 2 is 0.600 bits per heavy atom. The zero-order valence-electron chi connectivity index (χ0n) is 2.21. The van der Waals surface area contributed by atoms with Crippen LogP contribution in [-0.4, -0.2) is 5.48 Å². The van der Waals surface area contributed by atoms with Crippen molar-refractivity contribution in [2.45, 2.75) is 0 Å². The fourth-order valence-electron chi connectivity index (χ4n) is 0. The van der Waals surface area contributed by atoms with Crippen molar-refractivity contribution in [3.05, 3.63) is 0 Å². The quantitative estimate of drug-likeness (QED) is 0.345. The molecule has 0 aliphatic heterocycles. The number of hydrogen-bond donors (Lipinski definition) is 0. The average molecular weight is 169 g/mol. The number of rotatable bonds is 0. The Morgan fingerprint density at radius 1 is 0.600 bits per heavy atom. The maximum absolute atomic E-state index is 0. The molecule has 0 aliphatic rings. The summed E-state index contributed by atoms with van der Waals surface area (Å²) in [4.78, 5) is 0. The van der Waals surface area contributed by atoms with Crippen LogP contribution >= 0.6 is 0 Å². The molecule has 0 bridgehead atoms. The van der Waals surface area contributed by atoms with Gasteiger partial charge in [-0.1, -0.05) is 0 Å². The molecule has 0 rings (SSSR count). The van der Waals surface area contributed by atoms with Gasteiger partial charge in [-0.3, -0.25) is 0 Å². The summed E-state index contributed by atoms with van der Waals surface area (Å²) in [6, 6.07) is 0. The van der Waals surface area contributed by atoms with Crippen LogP contribution in [0.2, 0.25) is 0 Å². The van der Waals surface area contributed by atoms with Gasteiger partial charge in [0.05, 0.1) is 0 Å². The molecule has 0 spiro atoms. The normalized spacial score (nSPS) is 0. The summed E-state index contributed by atoms with van der Waals surface area (Å²) in [5, 5.41) is 0. The third-order valence-corrected chi connectivity index (χ3v) is 0. The largest absolute Gasteiger partial charge is 3.00 e. The molecule has 0 amide bonds. The van der Waals surface area contributed by atoms with Gasteiger partial charge in [-0.15, -0.1) is 0 Å². The van der Waals surface area contributed by atoms with E-state index in [9.17, 15) is 0 Å². The monoisotopic (exact) mass is 168 g/mol. The van der Waals surface area contributed by atoms with Crippen molar-refractivity contribution in [2.75, 3.05) is 0 Å². The second-order valence-corrected chi connectivity index (χ2v) is 0. The Morgan fingerprint density at radius 3 is 0.600 bits per heavy atom. The van der Waals surface area contributed by atoms with Gasteiger partial charge in [-0.05, 0) is 0 Å². The van der Waals surface area contributed by atoms with Gasteiger partial charge in [-0.25, -0.2) is 0 Å². The van der Waals surface area contributed by atoms with E-state index in [0.717, 1.165) is 0 Å². The smallest absolute Gasteiger partial charge is 1.00 e. The van der Waals surface area contributed by atoms with Crippen molar-refractivity contribution in [1.29, 1.82) is 0 Å². The molecule has 0 saturated heterocycles. The van der Waals surface area contributed by atoms with Gasteiger partial charge in [0.15, 0.2) is 0 Å². The summed E-state index contributed by atoms with van der Waals surface area (Å²) in [5.41, 5.74) is 0. The summed E-state index contributed by atoms with van der Waals surface area (Å²) < 4.78 is 0. The summed E-state index contributed by atoms with van der Waals surface area (Å²) in [6.07, 6.45) is 0. The van der Waals surface area contributed by atoms with Crippen LogP contribution in [0.15, 0.2) is 0 Å². The van der Waals surface area contributed by atoms with E-state index in [1.165, 1.54) is 0 Å². The van der Waals surface area contributed by atoms with E-state index >= 15 is 0 Å². The predicted molar refractivity (Wildman–Crippen MR) is 3.61 cm³/mol. The van der Waals surface area contributed by atoms with Gasteiger partial charge in [0.1, 0.15) is 0 Å². The van der Waals surface area contributed by atoms with E-state index < -0.39 is 0 Å². The molecule has 0 aromatic carbocycles. The molecule has 0 atom stereocenters. The van der Waals surface area contributed by atoms with Crippen LogP contribution < -0.4 is 37.2 Å². The van der Waals surface area contributed by atoms with Crippen LogP contribution in [0.4, 0.5) is 0 Å². The minimum atomic E-state index is 0. The van der Waals surface area contributed by atoms with Crippen molar-refractivity contribution >= 4 is 0 Å². The molecule has 5 heavy (non-hydrogen) atoms. The maximum atomic E-state index is 0. The Labute approximate surface area is 68.2 Å². The third-order valence-electron chi connectivity index (χ3n) is 0. The summed E-state index contributed by atoms with van der Waals surface area (Å²) in [5.74, 6) is 0. The van der Waals surface area contributed by atoms with E-state index in [4.69, 9.17) is 0 Å². The molecule has 1 nitrogen and oxygen atoms in total. The molecular weight excluding hydrogens is 167 g/mol. The second kappa shape index (κ2) is 43.6. The van der Waals surface area contributed by atoms with Crippen LogP contribution in [0.1, 0.15) is 0 Å². The molecule has 2 N–H and O–H groups in total. The van der Waals surface area contributed by atoms with Crippen LogP contribution in [0.25, 0.3) is 0 Å². The van der Waals surface area contributed by atoms with Gasteiger partial charge in [0.2, 0.25) is 0 Å². The van der Waals surface area contributed by atoms with Crippen LogP contribution in [0.3, 0.4) is 0 Å². The molecule has 0 aromatic heterocycles. The SMILES string of the molecule is O.[Cl-].[Cl-].[Cl-].[Sc+3]. The van der Waals surface area contributed by atoms with Gasteiger partial charge in [-0.2, -0.15) is 0 Å². The first kappa shape index (κ1) is 75.3. The van der Waals surface area contributed by atoms with E-state index in [1.807, 2.05) is 0 Å². The molecular formula is H2Cl3OSc. The molecule has 0 aromatic rings. The van der Waals surface area contributed by atoms with Gasteiger partial charge in [0, 0.05) is 0 Å². The topological polar surface area (TPSA) is 31.5 Å². The second-order valence-electron chi connectivity index (χ2n) is 0. The van der Waals surface area contributed by atoms with Crippen molar-refractivity contribution in [3.8, 4) is 0 Å². The molecule has 0 saturated carbocycles. The van der Waals surface area contributed by atoms with Crippen LogP contribution in [0.5, 0.6) is 0 Å². The first-order valence-electron chi connectivity index (χ1n) is 0. The van der Waals surface area contributed by atoms with Gasteiger partial charge >= 0.3 is 25.8 Å². The van der Waals surface area contributed by atoms with Crippen LogP contribution in [0, 0.1) is 0 Å². The Kier molecular flexibility index (Phi) is 656. The molecule has 5 heteroatoms. The number of hydrogen-bond acceptors (Lipinski definition) is 0. The summed E-state index contributed by atoms with van der Waals surface area (Å²) in [6.45, 7) is 0. The van der Waals surface area contributed by atoms with Crippen molar-refractivity contribution < 1.29 is 68.5 Å². The molecule has 0 fully saturated rings. The summed E-state index contributed by atoms with van der Waals surface area (Å²) in [7, 11) is 0. The molecule has 0 unspecified atom stereocenters. The fourth-order valence-corrected chi connectivity index (χ4v) is 0. The van der Waals surface area contributed by atoms with Crippen molar-refractivity contribution in [1.82, 2.24) is 0 Å². The molecule has 32 valence electrons. The van der Waals surface area contributed by atoms with E-state index in [0.29, 0.717) is 0 Å². The van der Waals surface area contributed by atoms with Crippen molar-refractivity contribution in [2.24, 2.45) is 0 Å². The van der Waals surface area contributed by atoms with E-state index in [-0.39, 0.29) is 68.5 Å². The first-order chi connectivity index (χ1) is 0. The average Bonchev–Trinajstić information content (AvgIpc) is 0. The zero-order valence-corrected chi connectivity index (χ0v) is 6.28. The van der Waals surface area contributed by atoms with Gasteiger partial charge in [0.25, 0.3) is 0 Å². The van der Waals surface area contributed by atoms with E-state index in [2.05, 4.69) is 0 Å². The predicted octanol–water partition coefficient (Wildman–Crippen LogP) is -9.82. The first-order valence-corrected chi connectivity index (χ1v) is 0. The number of halogens is 3.